The fraction of sp³-hybridized carbons (Fsp3) is 0.800. The maximum absolute atomic E-state index is 4.44. The summed E-state index contributed by atoms with van der Waals surface area (Å²) in [5, 5.41) is 8.09. The largest absolute Gasteiger partial charge is 0.310 e. The van der Waals surface area contributed by atoms with Crippen molar-refractivity contribution < 1.29 is 0 Å². The molecule has 1 aromatic heterocycles. The molecule has 1 rings (SSSR count). The highest BCUT2D eigenvalue weighted by Gasteiger charge is 2.20. The lowest BCUT2D eigenvalue weighted by atomic mass is 9.86. The van der Waals surface area contributed by atoms with Crippen molar-refractivity contribution in [2.45, 2.75) is 66.5 Å². The summed E-state index contributed by atoms with van der Waals surface area (Å²) < 4.78 is 2.05. The third-order valence-corrected chi connectivity index (χ3v) is 2.97. The van der Waals surface area contributed by atoms with E-state index in [4.69, 9.17) is 0 Å². The summed E-state index contributed by atoms with van der Waals surface area (Å²) in [5.41, 5.74) is 1.66. The van der Waals surface area contributed by atoms with Crippen LogP contribution in [0.25, 0.3) is 0 Å². The van der Waals surface area contributed by atoms with Crippen LogP contribution in [-0.2, 0) is 6.54 Å². The molecule has 0 amide bonds. The van der Waals surface area contributed by atoms with Gasteiger partial charge >= 0.3 is 0 Å². The van der Waals surface area contributed by atoms with Gasteiger partial charge in [-0.3, -0.25) is 4.68 Å². The van der Waals surface area contributed by atoms with Crippen molar-refractivity contribution in [2.75, 3.05) is 6.54 Å². The molecule has 0 radical (unpaired) electrons. The summed E-state index contributed by atoms with van der Waals surface area (Å²) in [4.78, 5) is 0. The zero-order valence-electron chi connectivity index (χ0n) is 12.7. The molecule has 1 heterocycles. The Hall–Kier alpha value is -0.830. The Labute approximate surface area is 112 Å². The van der Waals surface area contributed by atoms with Crippen molar-refractivity contribution in [1.29, 1.82) is 0 Å². The third-order valence-electron chi connectivity index (χ3n) is 2.97. The highest BCUT2D eigenvalue weighted by Crippen LogP contribution is 2.29. The van der Waals surface area contributed by atoms with E-state index in [0.29, 0.717) is 11.5 Å². The van der Waals surface area contributed by atoms with E-state index in [1.807, 2.05) is 6.20 Å². The summed E-state index contributed by atoms with van der Waals surface area (Å²) in [7, 11) is 0. The average molecular weight is 251 g/mol. The van der Waals surface area contributed by atoms with Gasteiger partial charge in [0, 0.05) is 24.3 Å². The summed E-state index contributed by atoms with van der Waals surface area (Å²) in [5.74, 6) is 0. The van der Waals surface area contributed by atoms with E-state index >= 15 is 0 Å². The molecule has 0 saturated heterocycles. The van der Waals surface area contributed by atoms with E-state index in [1.165, 1.54) is 12.0 Å². The first-order chi connectivity index (χ1) is 8.46. The zero-order valence-corrected chi connectivity index (χ0v) is 12.7. The zero-order chi connectivity index (χ0) is 13.6. The van der Waals surface area contributed by atoms with E-state index in [-0.39, 0.29) is 0 Å². The molecule has 3 heteroatoms. The molecule has 0 aliphatic heterocycles. The van der Waals surface area contributed by atoms with Gasteiger partial charge in [0.25, 0.3) is 0 Å². The molecule has 1 aromatic rings. The Bertz CT molecular complexity index is 336. The third kappa shape index (κ3) is 5.21. The second-order valence-electron chi connectivity index (χ2n) is 6.31. The van der Waals surface area contributed by atoms with E-state index in [9.17, 15) is 0 Å². The lowest BCUT2D eigenvalue weighted by Gasteiger charge is -2.26. The molecule has 1 atom stereocenters. The van der Waals surface area contributed by atoms with E-state index in [2.05, 4.69) is 55.9 Å². The Morgan fingerprint density at radius 3 is 2.56 bits per heavy atom. The van der Waals surface area contributed by atoms with Crippen LogP contribution in [0.3, 0.4) is 0 Å². The van der Waals surface area contributed by atoms with E-state index in [0.717, 1.165) is 25.9 Å². The quantitative estimate of drug-likeness (QED) is 0.799. The van der Waals surface area contributed by atoms with Crippen LogP contribution >= 0.6 is 0 Å². The molecule has 0 spiro atoms. The maximum Gasteiger partial charge on any atom is 0.0537 e. The molecule has 3 nitrogen and oxygen atoms in total. The Balaban J connectivity index is 2.73. The average Bonchev–Trinajstić information content (AvgIpc) is 2.72. The summed E-state index contributed by atoms with van der Waals surface area (Å²) >= 11 is 0. The van der Waals surface area contributed by atoms with Gasteiger partial charge < -0.3 is 5.32 Å². The fourth-order valence-corrected chi connectivity index (χ4v) is 2.15. The summed E-state index contributed by atoms with van der Waals surface area (Å²) in [6.07, 6.45) is 7.67. The van der Waals surface area contributed by atoms with Gasteiger partial charge in [-0.25, -0.2) is 0 Å². The molecule has 1 N–H and O–H groups in total. The monoisotopic (exact) mass is 251 g/mol. The molecule has 0 bridgehead atoms. The minimum Gasteiger partial charge on any atom is -0.310 e. The van der Waals surface area contributed by atoms with E-state index < -0.39 is 0 Å². The van der Waals surface area contributed by atoms with Crippen LogP contribution < -0.4 is 5.32 Å². The molecule has 0 aromatic carbocycles. The van der Waals surface area contributed by atoms with Crippen LogP contribution in [0, 0.1) is 5.41 Å². The molecule has 0 saturated carbocycles. The maximum atomic E-state index is 4.44. The van der Waals surface area contributed by atoms with Crippen molar-refractivity contribution in [1.82, 2.24) is 15.1 Å². The minimum atomic E-state index is 0.332. The van der Waals surface area contributed by atoms with Crippen LogP contribution in [-0.4, -0.2) is 16.3 Å². The van der Waals surface area contributed by atoms with E-state index in [1.54, 1.807) is 0 Å². The summed E-state index contributed by atoms with van der Waals surface area (Å²) in [6, 6.07) is 0.426. The van der Waals surface area contributed by atoms with Crippen molar-refractivity contribution in [3.05, 3.63) is 18.0 Å². The van der Waals surface area contributed by atoms with Gasteiger partial charge in [0.05, 0.1) is 6.20 Å². The highest BCUT2D eigenvalue weighted by atomic mass is 15.3. The van der Waals surface area contributed by atoms with Crippen LogP contribution in [0.2, 0.25) is 0 Å². The predicted molar refractivity (Wildman–Crippen MR) is 77.6 cm³/mol. The SMILES string of the molecule is CCCNC(CC(C)(C)C)c1cnn(CCC)c1. The van der Waals surface area contributed by atoms with Crippen molar-refractivity contribution in [3.63, 3.8) is 0 Å². The molecular weight excluding hydrogens is 222 g/mol. The van der Waals surface area contributed by atoms with Gasteiger partial charge in [-0.2, -0.15) is 5.10 Å². The molecule has 0 fully saturated rings. The van der Waals surface area contributed by atoms with Crippen molar-refractivity contribution >= 4 is 0 Å². The predicted octanol–water partition coefficient (Wildman–Crippen LogP) is 3.77. The van der Waals surface area contributed by atoms with Gasteiger partial charge in [0.15, 0.2) is 0 Å². The van der Waals surface area contributed by atoms with Gasteiger partial charge in [-0.1, -0.05) is 34.6 Å². The lowest BCUT2D eigenvalue weighted by Crippen LogP contribution is -2.26. The van der Waals surface area contributed by atoms with Crippen LogP contribution in [0.5, 0.6) is 0 Å². The molecule has 104 valence electrons. The number of aryl methyl sites for hydroxylation is 1. The standard InChI is InChI=1S/C15H29N3/c1-6-8-16-14(10-15(3,4)5)13-11-17-18(12-13)9-7-2/h11-12,14,16H,6-10H2,1-5H3. The van der Waals surface area contributed by atoms with Crippen LogP contribution in [0.1, 0.15) is 65.5 Å². The van der Waals surface area contributed by atoms with Gasteiger partial charge in [-0.05, 0) is 31.2 Å². The number of nitrogens with one attached hydrogen (secondary N) is 1. The first-order valence-electron chi connectivity index (χ1n) is 7.22. The number of rotatable bonds is 7. The first-order valence-corrected chi connectivity index (χ1v) is 7.22. The van der Waals surface area contributed by atoms with Crippen LogP contribution in [0.15, 0.2) is 12.4 Å². The van der Waals surface area contributed by atoms with Crippen molar-refractivity contribution in [3.8, 4) is 0 Å². The highest BCUT2D eigenvalue weighted by molar-refractivity contribution is 5.11. The number of hydrogen-bond donors (Lipinski definition) is 1. The fourth-order valence-electron chi connectivity index (χ4n) is 2.15. The first kappa shape index (κ1) is 15.2. The van der Waals surface area contributed by atoms with Crippen molar-refractivity contribution in [2.24, 2.45) is 5.41 Å². The summed E-state index contributed by atoms with van der Waals surface area (Å²) in [6.45, 7) is 13.4. The number of nitrogens with zero attached hydrogens (tertiary/aromatic N) is 2. The number of aromatic nitrogens is 2. The Morgan fingerprint density at radius 1 is 1.28 bits per heavy atom. The lowest BCUT2D eigenvalue weighted by molar-refractivity contribution is 0.311. The smallest absolute Gasteiger partial charge is 0.0537 e. The number of hydrogen-bond acceptors (Lipinski definition) is 2. The molecule has 0 aliphatic carbocycles. The molecule has 1 unspecified atom stereocenters. The van der Waals surface area contributed by atoms with Gasteiger partial charge in [0.1, 0.15) is 0 Å². The minimum absolute atomic E-state index is 0.332. The molecule has 0 aliphatic rings. The Kier molecular flexibility index (Phi) is 5.86. The van der Waals surface area contributed by atoms with Gasteiger partial charge in [0.2, 0.25) is 0 Å². The Morgan fingerprint density at radius 2 is 2.00 bits per heavy atom. The van der Waals surface area contributed by atoms with Crippen LogP contribution in [0.4, 0.5) is 0 Å². The molecule has 18 heavy (non-hydrogen) atoms. The van der Waals surface area contributed by atoms with Gasteiger partial charge in [-0.15, -0.1) is 0 Å². The normalized spacial score (nSPS) is 13.8. The molecular formula is C15H29N3. The second-order valence-corrected chi connectivity index (χ2v) is 6.31. The topological polar surface area (TPSA) is 29.9 Å². The second kappa shape index (κ2) is 6.93.